The molecule has 0 bridgehead atoms. The average molecular weight is 605 g/mol. The molecule has 1 fully saturated rings. The van der Waals surface area contributed by atoms with Crippen LogP contribution in [0.4, 0.5) is 21.7 Å². The van der Waals surface area contributed by atoms with Crippen molar-refractivity contribution in [1.29, 1.82) is 0 Å². The first-order valence-electron chi connectivity index (χ1n) is 13.8. The Morgan fingerprint density at radius 2 is 1.93 bits per heavy atom. The van der Waals surface area contributed by atoms with Crippen LogP contribution in [0, 0.1) is 11.7 Å². The van der Waals surface area contributed by atoms with E-state index >= 15 is 4.39 Å². The van der Waals surface area contributed by atoms with E-state index in [4.69, 9.17) is 4.74 Å². The van der Waals surface area contributed by atoms with Crippen molar-refractivity contribution < 1.29 is 22.3 Å². The van der Waals surface area contributed by atoms with Crippen LogP contribution in [0.15, 0.2) is 71.0 Å². The molecule has 1 aliphatic heterocycles. The van der Waals surface area contributed by atoms with Crippen molar-refractivity contribution in [3.63, 3.8) is 0 Å². The lowest BCUT2D eigenvalue weighted by Gasteiger charge is -2.31. The molecule has 2 N–H and O–H groups in total. The Kier molecular flexibility index (Phi) is 7.52. The summed E-state index contributed by atoms with van der Waals surface area (Å²) in [5.74, 6) is -0.305. The number of aromatic amines is 1. The Bertz CT molecular complexity index is 1880. The number of aldehydes is 1. The van der Waals surface area contributed by atoms with Crippen molar-refractivity contribution in [3.05, 3.63) is 67.0 Å². The predicted molar refractivity (Wildman–Crippen MR) is 157 cm³/mol. The molecule has 0 unspecified atom stereocenters. The molecule has 43 heavy (non-hydrogen) atoms. The number of ether oxygens (including phenoxy) is 1. The highest BCUT2D eigenvalue weighted by atomic mass is 32.2. The Morgan fingerprint density at radius 3 is 2.63 bits per heavy atom. The Morgan fingerprint density at radius 1 is 1.14 bits per heavy atom. The highest BCUT2D eigenvalue weighted by Gasteiger charge is 2.24. The van der Waals surface area contributed by atoms with Crippen LogP contribution in [0.2, 0.25) is 0 Å². The zero-order valence-corrected chi connectivity index (χ0v) is 24.3. The fourth-order valence-corrected chi connectivity index (χ4v) is 6.29. The molecule has 14 heteroatoms. The van der Waals surface area contributed by atoms with E-state index in [1.165, 1.54) is 29.0 Å². The minimum Gasteiger partial charge on any atom is -0.485 e. The number of hydrogen-bond donors (Lipinski definition) is 2. The lowest BCUT2D eigenvalue weighted by molar-refractivity contribution is -0.111. The number of halogens is 1. The Hall–Kier alpha value is -4.85. The standard InChI is InChI=1S/C29H29FN8O4S/c1-18(2)42-27-26(20-14-32-33-15-20)31-17-38-28(27)35-29(36-38)34-25-7-6-23(13-24(25)30)43(40,41)22-5-3-4-21(12-22)37-10-8-19(16-39)9-11-37/h3-7,12-19H,8-11H2,1-2H3,(H,32,33)(H,34,36). The minimum absolute atomic E-state index is 0.00370. The van der Waals surface area contributed by atoms with Gasteiger partial charge in [0, 0.05) is 36.5 Å². The third-order valence-electron chi connectivity index (χ3n) is 7.19. The number of carbonyl (C=O) groups is 1. The second-order valence-corrected chi connectivity index (χ2v) is 12.5. The fourth-order valence-electron chi connectivity index (χ4n) is 4.98. The van der Waals surface area contributed by atoms with E-state index in [1.807, 2.05) is 19.9 Å². The molecule has 1 saturated heterocycles. The van der Waals surface area contributed by atoms with E-state index in [0.29, 0.717) is 35.7 Å². The molecule has 0 aliphatic carbocycles. The summed E-state index contributed by atoms with van der Waals surface area (Å²) in [7, 11) is -4.01. The van der Waals surface area contributed by atoms with Crippen molar-refractivity contribution in [3.8, 4) is 17.0 Å². The first kappa shape index (κ1) is 28.3. The third-order valence-corrected chi connectivity index (χ3v) is 8.94. The zero-order chi connectivity index (χ0) is 30.1. The van der Waals surface area contributed by atoms with Crippen LogP contribution in [-0.2, 0) is 14.6 Å². The maximum Gasteiger partial charge on any atom is 0.247 e. The van der Waals surface area contributed by atoms with E-state index < -0.39 is 15.7 Å². The number of aromatic nitrogens is 6. The number of fused-ring (bicyclic) bond motifs is 1. The van der Waals surface area contributed by atoms with Gasteiger partial charge < -0.3 is 19.7 Å². The predicted octanol–water partition coefficient (Wildman–Crippen LogP) is 4.43. The summed E-state index contributed by atoms with van der Waals surface area (Å²) >= 11 is 0. The molecule has 0 radical (unpaired) electrons. The number of rotatable bonds is 9. The maximum absolute atomic E-state index is 15.3. The minimum atomic E-state index is -4.01. The van der Waals surface area contributed by atoms with Gasteiger partial charge in [-0.2, -0.15) is 14.6 Å². The number of H-pyrrole nitrogens is 1. The third kappa shape index (κ3) is 5.65. The fraction of sp³-hybridized carbons (Fsp3) is 0.276. The van der Waals surface area contributed by atoms with E-state index in [0.717, 1.165) is 30.9 Å². The van der Waals surface area contributed by atoms with E-state index in [1.54, 1.807) is 24.5 Å². The number of nitrogens with one attached hydrogen (secondary N) is 2. The molecule has 3 aromatic heterocycles. The Labute approximate surface area is 246 Å². The lowest BCUT2D eigenvalue weighted by Crippen LogP contribution is -2.34. The highest BCUT2D eigenvalue weighted by Crippen LogP contribution is 2.33. The SMILES string of the molecule is CC(C)Oc1c(-c2cn[nH]c2)ncn2nc(Nc3ccc(S(=O)(=O)c4cccc(N5CCC(C=O)CC5)c4)cc3F)nc12. The van der Waals surface area contributed by atoms with Crippen molar-refractivity contribution in [2.75, 3.05) is 23.3 Å². The van der Waals surface area contributed by atoms with Crippen LogP contribution < -0.4 is 15.0 Å². The van der Waals surface area contributed by atoms with Crippen molar-refractivity contribution in [1.82, 2.24) is 29.8 Å². The highest BCUT2D eigenvalue weighted by molar-refractivity contribution is 7.91. The molecule has 0 saturated carbocycles. The monoisotopic (exact) mass is 604 g/mol. The van der Waals surface area contributed by atoms with Crippen molar-refractivity contribution in [2.24, 2.45) is 5.92 Å². The van der Waals surface area contributed by atoms with Gasteiger partial charge in [0.1, 0.15) is 24.1 Å². The topological polar surface area (TPSA) is 147 Å². The van der Waals surface area contributed by atoms with Gasteiger partial charge in [-0.25, -0.2) is 17.8 Å². The van der Waals surface area contributed by atoms with Gasteiger partial charge in [-0.15, -0.1) is 5.10 Å². The van der Waals surface area contributed by atoms with Crippen LogP contribution in [0.1, 0.15) is 26.7 Å². The largest absolute Gasteiger partial charge is 0.485 e. The summed E-state index contributed by atoms with van der Waals surface area (Å²) in [6, 6.07) is 10.2. The summed E-state index contributed by atoms with van der Waals surface area (Å²) in [5.41, 5.74) is 2.32. The summed E-state index contributed by atoms with van der Waals surface area (Å²) in [6.45, 7) is 5.06. The van der Waals surface area contributed by atoms with Crippen LogP contribution in [-0.4, -0.2) is 63.7 Å². The Balaban J connectivity index is 1.25. The normalized spacial score (nSPS) is 14.4. The molecule has 2 aromatic carbocycles. The molecule has 5 aromatic rings. The molecule has 0 atom stereocenters. The number of sulfone groups is 1. The number of piperidine rings is 1. The first-order valence-corrected chi connectivity index (χ1v) is 15.2. The maximum atomic E-state index is 15.3. The summed E-state index contributed by atoms with van der Waals surface area (Å²) in [6.07, 6.45) is 6.98. The molecule has 0 spiro atoms. The first-order chi connectivity index (χ1) is 20.7. The van der Waals surface area contributed by atoms with Gasteiger partial charge in [0.05, 0.1) is 27.8 Å². The van der Waals surface area contributed by atoms with Gasteiger partial charge in [-0.05, 0) is 63.1 Å². The molecular formula is C29H29FN8O4S. The number of anilines is 3. The number of hydrogen-bond acceptors (Lipinski definition) is 10. The summed E-state index contributed by atoms with van der Waals surface area (Å²) in [5, 5.41) is 13.9. The molecular weight excluding hydrogens is 575 g/mol. The molecule has 6 rings (SSSR count). The number of nitrogens with zero attached hydrogens (tertiary/aromatic N) is 6. The quantitative estimate of drug-likeness (QED) is 0.232. The second-order valence-electron chi connectivity index (χ2n) is 10.5. The van der Waals surface area contributed by atoms with Crippen molar-refractivity contribution >= 4 is 39.1 Å². The lowest BCUT2D eigenvalue weighted by atomic mass is 9.98. The second kappa shape index (κ2) is 11.4. The van der Waals surface area contributed by atoms with Crippen LogP contribution in [0.3, 0.4) is 0 Å². The van der Waals surface area contributed by atoms with Gasteiger partial charge in [0.25, 0.3) is 0 Å². The number of carbonyl (C=O) groups excluding carboxylic acids is 1. The molecule has 4 heterocycles. The van der Waals surface area contributed by atoms with Crippen LogP contribution >= 0.6 is 0 Å². The van der Waals surface area contributed by atoms with Gasteiger partial charge in [0.15, 0.2) is 5.75 Å². The van der Waals surface area contributed by atoms with Gasteiger partial charge in [-0.1, -0.05) is 6.07 Å². The molecule has 12 nitrogen and oxygen atoms in total. The van der Waals surface area contributed by atoms with Gasteiger partial charge in [-0.3, -0.25) is 5.10 Å². The van der Waals surface area contributed by atoms with E-state index in [2.05, 4.69) is 35.5 Å². The molecule has 222 valence electrons. The summed E-state index contributed by atoms with van der Waals surface area (Å²) < 4.78 is 49.6. The molecule has 0 amide bonds. The van der Waals surface area contributed by atoms with Gasteiger partial charge in [0.2, 0.25) is 21.4 Å². The smallest absolute Gasteiger partial charge is 0.247 e. The van der Waals surface area contributed by atoms with E-state index in [-0.39, 0.29) is 33.4 Å². The number of benzene rings is 2. The molecule has 1 aliphatic rings. The summed E-state index contributed by atoms with van der Waals surface area (Å²) in [4.78, 5) is 22.0. The van der Waals surface area contributed by atoms with Crippen LogP contribution in [0.25, 0.3) is 16.9 Å². The van der Waals surface area contributed by atoms with E-state index in [9.17, 15) is 13.2 Å². The average Bonchev–Trinajstić information content (AvgIpc) is 3.69. The van der Waals surface area contributed by atoms with Crippen molar-refractivity contribution in [2.45, 2.75) is 42.6 Å². The van der Waals surface area contributed by atoms with Crippen LogP contribution in [0.5, 0.6) is 5.75 Å². The van der Waals surface area contributed by atoms with Gasteiger partial charge >= 0.3 is 0 Å². The zero-order valence-electron chi connectivity index (χ0n) is 23.4.